The molecule has 134 valence electrons. The molecule has 2 amide bonds. The minimum absolute atomic E-state index is 0. The third kappa shape index (κ3) is 8.97. The summed E-state index contributed by atoms with van der Waals surface area (Å²) in [5.41, 5.74) is 0. The Morgan fingerprint density at radius 1 is 1.35 bits per heavy atom. The Labute approximate surface area is 156 Å². The van der Waals surface area contributed by atoms with E-state index in [1.807, 2.05) is 11.8 Å². The first-order chi connectivity index (χ1) is 10.5. The van der Waals surface area contributed by atoms with Gasteiger partial charge in [0.25, 0.3) is 0 Å². The number of hydrogen-bond donors (Lipinski definition) is 2. The molecule has 0 aliphatic carbocycles. The largest absolute Gasteiger partial charge is 0.357 e. The second-order valence-electron chi connectivity index (χ2n) is 5.56. The summed E-state index contributed by atoms with van der Waals surface area (Å²) in [4.78, 5) is 31.0. The number of rotatable bonds is 8. The number of carbonyl (C=O) groups is 2. The minimum atomic E-state index is 0. The molecule has 0 aromatic rings. The molecule has 2 N–H and O–H groups in total. The first kappa shape index (κ1) is 21.9. The van der Waals surface area contributed by atoms with Crippen molar-refractivity contribution in [3.8, 4) is 0 Å². The van der Waals surface area contributed by atoms with Crippen molar-refractivity contribution in [3.05, 3.63) is 0 Å². The van der Waals surface area contributed by atoms with Gasteiger partial charge in [0.2, 0.25) is 11.8 Å². The van der Waals surface area contributed by atoms with Gasteiger partial charge in [-0.1, -0.05) is 0 Å². The van der Waals surface area contributed by atoms with Crippen LogP contribution in [0.15, 0.2) is 4.99 Å². The third-order valence-corrected chi connectivity index (χ3v) is 3.50. The molecule has 1 saturated heterocycles. The number of nitrogens with zero attached hydrogens (tertiary/aromatic N) is 3. The third-order valence-electron chi connectivity index (χ3n) is 3.50. The van der Waals surface area contributed by atoms with Crippen LogP contribution in [0.1, 0.15) is 32.6 Å². The molecule has 0 spiro atoms. The normalized spacial score (nSPS) is 14.5. The molecule has 0 radical (unpaired) electrons. The van der Waals surface area contributed by atoms with Crippen LogP contribution >= 0.6 is 24.0 Å². The summed E-state index contributed by atoms with van der Waals surface area (Å²) >= 11 is 0. The van der Waals surface area contributed by atoms with E-state index in [1.54, 1.807) is 19.0 Å². The van der Waals surface area contributed by atoms with Gasteiger partial charge in [0.15, 0.2) is 5.96 Å². The molecular formula is C15H30IN5O2. The monoisotopic (exact) mass is 439 g/mol. The van der Waals surface area contributed by atoms with Crippen molar-refractivity contribution in [3.63, 3.8) is 0 Å². The summed E-state index contributed by atoms with van der Waals surface area (Å²) in [5.74, 6) is 1.08. The van der Waals surface area contributed by atoms with Crippen molar-refractivity contribution in [2.75, 3.05) is 46.8 Å². The second kappa shape index (κ2) is 12.4. The number of aliphatic imine (C=N–C) groups is 1. The number of carbonyl (C=O) groups excluding carboxylic acids is 2. The lowest BCUT2D eigenvalue weighted by molar-refractivity contribution is -0.129. The fourth-order valence-electron chi connectivity index (χ4n) is 2.25. The van der Waals surface area contributed by atoms with E-state index in [9.17, 15) is 9.59 Å². The summed E-state index contributed by atoms with van der Waals surface area (Å²) in [7, 11) is 3.50. The maximum absolute atomic E-state index is 11.5. The predicted molar refractivity (Wildman–Crippen MR) is 103 cm³/mol. The zero-order chi connectivity index (χ0) is 16.4. The topological polar surface area (TPSA) is 77.0 Å². The first-order valence-corrected chi connectivity index (χ1v) is 8.04. The van der Waals surface area contributed by atoms with Gasteiger partial charge < -0.3 is 20.4 Å². The summed E-state index contributed by atoms with van der Waals surface area (Å²) in [6.45, 7) is 5.67. The molecule has 1 fully saturated rings. The van der Waals surface area contributed by atoms with E-state index in [4.69, 9.17) is 0 Å². The Balaban J connectivity index is 0.00000484. The number of amides is 2. The Morgan fingerprint density at radius 3 is 2.65 bits per heavy atom. The van der Waals surface area contributed by atoms with Gasteiger partial charge in [0.05, 0.1) is 0 Å². The van der Waals surface area contributed by atoms with Crippen molar-refractivity contribution in [2.24, 2.45) is 4.99 Å². The standard InChI is InChI=1S/C15H29N5O2.HI/c1-4-16-15(18-10-8-13(21)19(2)3)17-9-6-12-20-11-5-7-14(20)22;/h4-12H2,1-3H3,(H2,16,17,18);1H. The van der Waals surface area contributed by atoms with Crippen LogP contribution in [0.2, 0.25) is 0 Å². The van der Waals surface area contributed by atoms with Gasteiger partial charge in [-0.05, 0) is 19.8 Å². The van der Waals surface area contributed by atoms with Gasteiger partial charge in [-0.3, -0.25) is 14.6 Å². The minimum Gasteiger partial charge on any atom is -0.357 e. The van der Waals surface area contributed by atoms with Crippen molar-refractivity contribution in [1.82, 2.24) is 20.4 Å². The molecule has 23 heavy (non-hydrogen) atoms. The van der Waals surface area contributed by atoms with Crippen molar-refractivity contribution >= 4 is 41.8 Å². The molecule has 0 saturated carbocycles. The van der Waals surface area contributed by atoms with Crippen LogP contribution in [0.5, 0.6) is 0 Å². The summed E-state index contributed by atoms with van der Waals surface area (Å²) in [6, 6.07) is 0. The van der Waals surface area contributed by atoms with Crippen LogP contribution < -0.4 is 10.6 Å². The van der Waals surface area contributed by atoms with Gasteiger partial charge >= 0.3 is 0 Å². The van der Waals surface area contributed by atoms with Crippen LogP contribution in [-0.4, -0.2) is 74.4 Å². The van der Waals surface area contributed by atoms with Crippen LogP contribution in [-0.2, 0) is 9.59 Å². The van der Waals surface area contributed by atoms with E-state index < -0.39 is 0 Å². The predicted octanol–water partition coefficient (Wildman–Crippen LogP) is 0.650. The summed E-state index contributed by atoms with van der Waals surface area (Å²) in [5, 5.41) is 6.31. The van der Waals surface area contributed by atoms with Gasteiger partial charge in [0.1, 0.15) is 0 Å². The Bertz CT molecular complexity index is 401. The molecule has 1 heterocycles. The van der Waals surface area contributed by atoms with Gasteiger partial charge in [0, 0.05) is 59.7 Å². The highest BCUT2D eigenvalue weighted by Gasteiger charge is 2.18. The maximum atomic E-state index is 11.5. The SMILES string of the molecule is CCNC(=NCCCN1CCCC1=O)NCCC(=O)N(C)C.I. The quantitative estimate of drug-likeness (QED) is 0.252. The highest BCUT2D eigenvalue weighted by molar-refractivity contribution is 14.0. The molecule has 0 aromatic carbocycles. The fourth-order valence-corrected chi connectivity index (χ4v) is 2.25. The van der Waals surface area contributed by atoms with E-state index in [0.717, 1.165) is 38.4 Å². The number of likely N-dealkylation sites (tertiary alicyclic amines) is 1. The number of guanidine groups is 1. The van der Waals surface area contributed by atoms with Crippen molar-refractivity contribution in [2.45, 2.75) is 32.6 Å². The average molecular weight is 439 g/mol. The lowest BCUT2D eigenvalue weighted by Crippen LogP contribution is -2.39. The zero-order valence-electron chi connectivity index (χ0n) is 14.4. The molecule has 1 aliphatic heterocycles. The van der Waals surface area contributed by atoms with E-state index in [1.165, 1.54) is 0 Å². The molecule has 8 heteroatoms. The molecule has 1 rings (SSSR count). The first-order valence-electron chi connectivity index (χ1n) is 8.04. The van der Waals surface area contributed by atoms with Gasteiger partial charge in [-0.15, -0.1) is 24.0 Å². The summed E-state index contributed by atoms with van der Waals surface area (Å²) < 4.78 is 0. The molecule has 0 atom stereocenters. The van der Waals surface area contributed by atoms with E-state index >= 15 is 0 Å². The van der Waals surface area contributed by atoms with E-state index in [0.29, 0.717) is 25.9 Å². The molecule has 0 aromatic heterocycles. The van der Waals surface area contributed by atoms with Crippen LogP contribution in [0.25, 0.3) is 0 Å². The van der Waals surface area contributed by atoms with E-state index in [2.05, 4.69) is 15.6 Å². The highest BCUT2D eigenvalue weighted by atomic mass is 127. The number of nitrogens with one attached hydrogen (secondary N) is 2. The van der Waals surface area contributed by atoms with Crippen LogP contribution in [0, 0.1) is 0 Å². The Morgan fingerprint density at radius 2 is 2.09 bits per heavy atom. The van der Waals surface area contributed by atoms with Crippen molar-refractivity contribution in [1.29, 1.82) is 0 Å². The average Bonchev–Trinajstić information content (AvgIpc) is 2.88. The number of halogens is 1. The lowest BCUT2D eigenvalue weighted by Gasteiger charge is -2.15. The molecular weight excluding hydrogens is 409 g/mol. The number of hydrogen-bond acceptors (Lipinski definition) is 3. The zero-order valence-corrected chi connectivity index (χ0v) is 16.8. The molecule has 1 aliphatic rings. The lowest BCUT2D eigenvalue weighted by atomic mass is 10.4. The smallest absolute Gasteiger partial charge is 0.223 e. The van der Waals surface area contributed by atoms with Gasteiger partial charge in [-0.2, -0.15) is 0 Å². The van der Waals surface area contributed by atoms with Crippen LogP contribution in [0.3, 0.4) is 0 Å². The van der Waals surface area contributed by atoms with Crippen LogP contribution in [0.4, 0.5) is 0 Å². The maximum Gasteiger partial charge on any atom is 0.223 e. The molecule has 0 bridgehead atoms. The highest BCUT2D eigenvalue weighted by Crippen LogP contribution is 2.09. The van der Waals surface area contributed by atoms with Crippen molar-refractivity contribution < 1.29 is 9.59 Å². The summed E-state index contributed by atoms with van der Waals surface area (Å²) in [6.07, 6.45) is 2.97. The van der Waals surface area contributed by atoms with Gasteiger partial charge in [-0.25, -0.2) is 0 Å². The molecule has 7 nitrogen and oxygen atoms in total. The Hall–Kier alpha value is -1.06. The fraction of sp³-hybridized carbons (Fsp3) is 0.800. The Kier molecular flexibility index (Phi) is 11.8. The second-order valence-corrected chi connectivity index (χ2v) is 5.56. The molecule has 0 unspecified atom stereocenters. The van der Waals surface area contributed by atoms with E-state index in [-0.39, 0.29) is 35.8 Å².